The second kappa shape index (κ2) is 18.5. The molecule has 4 rings (SSSR count). The van der Waals surface area contributed by atoms with Gasteiger partial charge in [0, 0.05) is 6.07 Å². The molecule has 8 heteroatoms. The predicted octanol–water partition coefficient (Wildman–Crippen LogP) is 7.80. The lowest BCUT2D eigenvalue weighted by Crippen LogP contribution is -2.36. The third-order valence-electron chi connectivity index (χ3n) is 10.7. The Labute approximate surface area is 299 Å². The van der Waals surface area contributed by atoms with Gasteiger partial charge in [0.05, 0.1) is 50.5 Å². The molecular weight excluding hydrogens is 650 g/mol. The zero-order valence-electron chi connectivity index (χ0n) is 30.1. The highest BCUT2D eigenvalue weighted by Gasteiger charge is 2.31. The van der Waals surface area contributed by atoms with Gasteiger partial charge in [-0.25, -0.2) is 0 Å². The Morgan fingerprint density at radius 2 is 1.29 bits per heavy atom. The standard InChI is InChI=1S/C41H60O6P2/c1-5-13-40(22-42,23-43)26-46-35-17-33(18-36(20-35)47-27-41(24-44,25-45)14-6-2)39-34(21-48)16-32(19-38(39)49)37-12-11-31(15-29(37)4)30-9-7-28(3)8-10-30/h11-12,15-20,28,30,42-45H,5-10,13-14,21-27,48-49H2,1-4H3. The second-order valence-corrected chi connectivity index (χ2v) is 15.8. The Kier molecular flexibility index (Phi) is 15.0. The summed E-state index contributed by atoms with van der Waals surface area (Å²) in [7, 11) is 5.83. The van der Waals surface area contributed by atoms with Crippen LogP contribution in [0.5, 0.6) is 11.5 Å². The molecule has 4 N–H and O–H groups in total. The summed E-state index contributed by atoms with van der Waals surface area (Å²) in [5.74, 6) is 2.62. The van der Waals surface area contributed by atoms with Crippen molar-refractivity contribution in [3.05, 3.63) is 65.2 Å². The third kappa shape index (κ3) is 9.85. The zero-order valence-corrected chi connectivity index (χ0v) is 32.4. The van der Waals surface area contributed by atoms with Crippen LogP contribution in [0.25, 0.3) is 22.3 Å². The van der Waals surface area contributed by atoms with E-state index < -0.39 is 10.8 Å². The van der Waals surface area contributed by atoms with Gasteiger partial charge in [-0.15, -0.1) is 18.5 Å². The molecule has 1 aliphatic rings. The van der Waals surface area contributed by atoms with Crippen molar-refractivity contribution >= 4 is 23.8 Å². The van der Waals surface area contributed by atoms with Crippen LogP contribution in [0.2, 0.25) is 0 Å². The number of aliphatic hydroxyl groups is 4. The Morgan fingerprint density at radius 1 is 0.735 bits per heavy atom. The van der Waals surface area contributed by atoms with Crippen LogP contribution in [-0.2, 0) is 6.16 Å². The van der Waals surface area contributed by atoms with Crippen LogP contribution in [0.3, 0.4) is 0 Å². The predicted molar refractivity (Wildman–Crippen MR) is 209 cm³/mol. The first-order valence-corrected chi connectivity index (χ1v) is 19.6. The Morgan fingerprint density at radius 3 is 1.76 bits per heavy atom. The molecule has 0 aliphatic heterocycles. The van der Waals surface area contributed by atoms with E-state index in [9.17, 15) is 20.4 Å². The minimum absolute atomic E-state index is 0.155. The maximum absolute atomic E-state index is 10.2. The average Bonchev–Trinajstić information content (AvgIpc) is 3.11. The van der Waals surface area contributed by atoms with Crippen molar-refractivity contribution in [2.75, 3.05) is 39.6 Å². The first kappa shape index (κ1) is 39.7. The lowest BCUT2D eigenvalue weighted by molar-refractivity contribution is 0.00543. The van der Waals surface area contributed by atoms with E-state index in [0.29, 0.717) is 30.3 Å². The van der Waals surface area contributed by atoms with Crippen LogP contribution in [0.1, 0.15) is 94.7 Å². The van der Waals surface area contributed by atoms with Gasteiger partial charge in [0.1, 0.15) is 11.5 Å². The van der Waals surface area contributed by atoms with E-state index in [1.165, 1.54) is 47.9 Å². The molecule has 1 fully saturated rings. The molecular formula is C41H60O6P2. The van der Waals surface area contributed by atoms with Crippen LogP contribution < -0.4 is 14.8 Å². The quantitative estimate of drug-likeness (QED) is 0.101. The van der Waals surface area contributed by atoms with Crippen molar-refractivity contribution < 1.29 is 29.9 Å². The largest absolute Gasteiger partial charge is 0.493 e. The molecule has 0 bridgehead atoms. The highest BCUT2D eigenvalue weighted by atomic mass is 31.0. The summed E-state index contributed by atoms with van der Waals surface area (Å²) < 4.78 is 12.6. The zero-order chi connectivity index (χ0) is 35.6. The number of hydrogen-bond donors (Lipinski definition) is 4. The van der Waals surface area contributed by atoms with Crippen molar-refractivity contribution in [2.24, 2.45) is 16.7 Å². The van der Waals surface area contributed by atoms with E-state index >= 15 is 0 Å². The van der Waals surface area contributed by atoms with Gasteiger partial charge in [0.15, 0.2) is 0 Å². The number of benzene rings is 3. The minimum atomic E-state index is -0.753. The summed E-state index contributed by atoms with van der Waals surface area (Å²) in [6, 6.07) is 17.3. The molecule has 2 unspecified atom stereocenters. The molecule has 1 saturated carbocycles. The van der Waals surface area contributed by atoms with Crippen molar-refractivity contribution in [1.29, 1.82) is 0 Å². The van der Waals surface area contributed by atoms with Crippen molar-refractivity contribution in [3.8, 4) is 33.8 Å². The molecule has 6 nitrogen and oxygen atoms in total. The second-order valence-electron chi connectivity index (χ2n) is 14.7. The van der Waals surface area contributed by atoms with Gasteiger partial charge in [-0.1, -0.05) is 70.7 Å². The van der Waals surface area contributed by atoms with Crippen LogP contribution in [0.4, 0.5) is 0 Å². The molecule has 3 aromatic carbocycles. The van der Waals surface area contributed by atoms with Gasteiger partial charge in [-0.3, -0.25) is 0 Å². The van der Waals surface area contributed by atoms with E-state index in [-0.39, 0.29) is 39.6 Å². The van der Waals surface area contributed by atoms with Crippen LogP contribution in [0, 0.1) is 23.7 Å². The maximum atomic E-state index is 10.2. The van der Waals surface area contributed by atoms with Gasteiger partial charge in [0.2, 0.25) is 0 Å². The monoisotopic (exact) mass is 710 g/mol. The first-order valence-electron chi connectivity index (χ1n) is 18.2. The molecule has 49 heavy (non-hydrogen) atoms. The lowest BCUT2D eigenvalue weighted by Gasteiger charge is -2.30. The number of ether oxygens (including phenoxy) is 2. The first-order chi connectivity index (χ1) is 23.6. The molecule has 0 amide bonds. The SMILES string of the molecule is CCCC(CO)(CO)COc1cc(OCC(CO)(CO)CCC)cc(-c2c(P)cc(-c3ccc(C4CCC(C)CC4)cc3C)cc2CP)c1. The van der Waals surface area contributed by atoms with E-state index in [2.05, 4.69) is 62.7 Å². The van der Waals surface area contributed by atoms with Crippen LogP contribution in [-0.4, -0.2) is 60.1 Å². The topological polar surface area (TPSA) is 99.4 Å². The van der Waals surface area contributed by atoms with E-state index in [1.54, 1.807) is 0 Å². The Hall–Kier alpha value is -2.04. The van der Waals surface area contributed by atoms with Gasteiger partial charge in [-0.05, 0) is 113 Å². The molecule has 0 spiro atoms. The molecule has 0 aromatic heterocycles. The molecule has 3 aromatic rings. The Bertz CT molecular complexity index is 1450. The van der Waals surface area contributed by atoms with E-state index in [0.717, 1.165) is 46.9 Å². The highest BCUT2D eigenvalue weighted by molar-refractivity contribution is 7.28. The van der Waals surface area contributed by atoms with E-state index in [4.69, 9.17) is 9.47 Å². The molecule has 1 aliphatic carbocycles. The van der Waals surface area contributed by atoms with Crippen molar-refractivity contribution in [3.63, 3.8) is 0 Å². The smallest absolute Gasteiger partial charge is 0.123 e. The van der Waals surface area contributed by atoms with Crippen molar-refractivity contribution in [2.45, 2.75) is 91.1 Å². The minimum Gasteiger partial charge on any atom is -0.493 e. The Balaban J connectivity index is 1.72. The van der Waals surface area contributed by atoms with Crippen molar-refractivity contribution in [1.82, 2.24) is 0 Å². The summed E-state index contributed by atoms with van der Waals surface area (Å²) in [5, 5.41) is 41.7. The summed E-state index contributed by atoms with van der Waals surface area (Å²) in [5.41, 5.74) is 6.82. The van der Waals surface area contributed by atoms with Gasteiger partial charge in [-0.2, -0.15) is 0 Å². The normalized spacial score (nSPS) is 16.9. The molecule has 0 saturated heterocycles. The number of aryl methyl sites for hydroxylation is 1. The molecule has 2 atom stereocenters. The van der Waals surface area contributed by atoms with Crippen LogP contribution >= 0.6 is 18.5 Å². The average molecular weight is 711 g/mol. The third-order valence-corrected chi connectivity index (χ3v) is 11.6. The number of hydrogen-bond acceptors (Lipinski definition) is 6. The summed E-state index contributed by atoms with van der Waals surface area (Å²) in [6.45, 7) is 8.24. The lowest BCUT2D eigenvalue weighted by atomic mass is 9.78. The molecule has 0 radical (unpaired) electrons. The molecule has 0 heterocycles. The summed E-state index contributed by atoms with van der Waals surface area (Å²) in [4.78, 5) is 0. The summed E-state index contributed by atoms with van der Waals surface area (Å²) >= 11 is 0. The highest BCUT2D eigenvalue weighted by Crippen LogP contribution is 2.40. The molecule has 270 valence electrons. The van der Waals surface area contributed by atoms with Gasteiger partial charge >= 0.3 is 0 Å². The number of aliphatic hydroxyl groups excluding tert-OH is 4. The fourth-order valence-electron chi connectivity index (χ4n) is 7.41. The van der Waals surface area contributed by atoms with Gasteiger partial charge in [0.25, 0.3) is 0 Å². The maximum Gasteiger partial charge on any atom is 0.123 e. The van der Waals surface area contributed by atoms with Gasteiger partial charge < -0.3 is 29.9 Å². The van der Waals surface area contributed by atoms with Crippen LogP contribution in [0.15, 0.2) is 48.5 Å². The van der Waals surface area contributed by atoms with E-state index in [1.807, 2.05) is 32.0 Å². The summed E-state index contributed by atoms with van der Waals surface area (Å²) in [6.07, 6.45) is 8.79. The number of rotatable bonds is 18. The fourth-order valence-corrected chi connectivity index (χ4v) is 8.27. The fraction of sp³-hybridized carbons (Fsp3) is 0.561.